The number of carbonyl (C=O) groups is 1. The van der Waals surface area contributed by atoms with Gasteiger partial charge in [0.25, 0.3) is 5.91 Å². The van der Waals surface area contributed by atoms with Gasteiger partial charge in [0, 0.05) is 25.7 Å². The van der Waals surface area contributed by atoms with E-state index in [0.29, 0.717) is 5.82 Å². The van der Waals surface area contributed by atoms with Crippen LogP contribution in [0.1, 0.15) is 40.4 Å². The Kier molecular flexibility index (Phi) is 5.71. The summed E-state index contributed by atoms with van der Waals surface area (Å²) in [4.78, 5) is 19.5. The van der Waals surface area contributed by atoms with Crippen LogP contribution in [0, 0.1) is 13.8 Å². The molecule has 0 radical (unpaired) electrons. The highest BCUT2D eigenvalue weighted by Gasteiger charge is 2.23. The third-order valence-electron chi connectivity index (χ3n) is 5.49. The molecule has 4 rings (SSSR count). The van der Waals surface area contributed by atoms with Gasteiger partial charge in [-0.2, -0.15) is 0 Å². The molecule has 1 aliphatic heterocycles. The van der Waals surface area contributed by atoms with Crippen LogP contribution < -0.4 is 5.32 Å². The number of rotatable bonds is 5. The first-order valence-electron chi connectivity index (χ1n) is 10.2. The maximum Gasteiger partial charge on any atom is 0.291 e. The molecule has 2 heterocycles. The third-order valence-corrected chi connectivity index (χ3v) is 5.49. The van der Waals surface area contributed by atoms with Gasteiger partial charge in [-0.05, 0) is 43.9 Å². The third kappa shape index (κ3) is 4.54. The summed E-state index contributed by atoms with van der Waals surface area (Å²) in [6.45, 7) is 6.81. The molecule has 2 aromatic carbocycles. The SMILES string of the molecule is Cc1ccccc1-n1nc(C(=O)NC2CCN(Cc3ccccc3)CC2)nc1C. The summed E-state index contributed by atoms with van der Waals surface area (Å²) >= 11 is 0. The Balaban J connectivity index is 1.35. The molecule has 0 saturated carbocycles. The summed E-state index contributed by atoms with van der Waals surface area (Å²) < 4.78 is 1.74. The van der Waals surface area contributed by atoms with E-state index in [0.717, 1.165) is 43.7 Å². The second-order valence-corrected chi connectivity index (χ2v) is 7.69. The van der Waals surface area contributed by atoms with Gasteiger partial charge in [0.05, 0.1) is 5.69 Å². The molecule has 0 unspecified atom stereocenters. The van der Waals surface area contributed by atoms with Crippen molar-refractivity contribution in [2.75, 3.05) is 13.1 Å². The van der Waals surface area contributed by atoms with E-state index in [2.05, 4.69) is 44.6 Å². The van der Waals surface area contributed by atoms with Gasteiger partial charge in [-0.3, -0.25) is 9.69 Å². The van der Waals surface area contributed by atoms with Gasteiger partial charge in [0.15, 0.2) is 0 Å². The number of piperidine rings is 1. The molecule has 6 heteroatoms. The fraction of sp³-hybridized carbons (Fsp3) is 0.348. The van der Waals surface area contributed by atoms with Crippen molar-refractivity contribution in [1.29, 1.82) is 0 Å². The summed E-state index contributed by atoms with van der Waals surface area (Å²) in [6.07, 6.45) is 1.88. The highest BCUT2D eigenvalue weighted by atomic mass is 16.2. The lowest BCUT2D eigenvalue weighted by atomic mass is 10.0. The van der Waals surface area contributed by atoms with Gasteiger partial charge in [-0.25, -0.2) is 9.67 Å². The molecule has 1 N–H and O–H groups in total. The van der Waals surface area contributed by atoms with Crippen molar-refractivity contribution in [2.45, 2.75) is 39.3 Å². The largest absolute Gasteiger partial charge is 0.346 e. The topological polar surface area (TPSA) is 63.1 Å². The predicted octanol–water partition coefficient (Wildman–Crippen LogP) is 3.28. The Morgan fingerprint density at radius 1 is 1.03 bits per heavy atom. The quantitative estimate of drug-likeness (QED) is 0.727. The summed E-state index contributed by atoms with van der Waals surface area (Å²) in [5, 5.41) is 7.58. The van der Waals surface area contributed by atoms with Crippen LogP contribution in [-0.4, -0.2) is 44.7 Å². The van der Waals surface area contributed by atoms with Crippen LogP contribution >= 0.6 is 0 Å². The smallest absolute Gasteiger partial charge is 0.291 e. The second-order valence-electron chi connectivity index (χ2n) is 7.69. The van der Waals surface area contributed by atoms with Crippen LogP contribution in [0.2, 0.25) is 0 Å². The molecule has 0 bridgehead atoms. The average Bonchev–Trinajstić information content (AvgIpc) is 3.12. The number of aryl methyl sites for hydroxylation is 2. The summed E-state index contributed by atoms with van der Waals surface area (Å²) in [5.41, 5.74) is 3.38. The number of para-hydroxylation sites is 1. The molecule has 6 nitrogen and oxygen atoms in total. The van der Waals surface area contributed by atoms with E-state index in [1.54, 1.807) is 4.68 Å². The lowest BCUT2D eigenvalue weighted by molar-refractivity contribution is 0.0898. The van der Waals surface area contributed by atoms with E-state index in [9.17, 15) is 4.79 Å². The summed E-state index contributed by atoms with van der Waals surface area (Å²) in [7, 11) is 0. The van der Waals surface area contributed by atoms with E-state index in [1.165, 1.54) is 5.56 Å². The first-order valence-corrected chi connectivity index (χ1v) is 10.2. The highest BCUT2D eigenvalue weighted by Crippen LogP contribution is 2.16. The van der Waals surface area contributed by atoms with Crippen molar-refractivity contribution in [3.8, 4) is 5.69 Å². The van der Waals surface area contributed by atoms with E-state index < -0.39 is 0 Å². The van der Waals surface area contributed by atoms with Gasteiger partial charge in [-0.1, -0.05) is 48.5 Å². The Morgan fingerprint density at radius 2 is 1.72 bits per heavy atom. The maximum absolute atomic E-state index is 12.7. The van der Waals surface area contributed by atoms with Crippen molar-refractivity contribution >= 4 is 5.91 Å². The minimum Gasteiger partial charge on any atom is -0.346 e. The lowest BCUT2D eigenvalue weighted by Gasteiger charge is -2.32. The minimum absolute atomic E-state index is 0.167. The molecule has 3 aromatic rings. The number of nitrogens with zero attached hydrogens (tertiary/aromatic N) is 4. The normalized spacial score (nSPS) is 15.4. The fourth-order valence-electron chi connectivity index (χ4n) is 3.84. The van der Waals surface area contributed by atoms with Crippen LogP contribution in [0.3, 0.4) is 0 Å². The zero-order valence-electron chi connectivity index (χ0n) is 17.0. The van der Waals surface area contributed by atoms with E-state index in [1.807, 2.05) is 44.2 Å². The number of amides is 1. The first kappa shape index (κ1) is 19.3. The van der Waals surface area contributed by atoms with Gasteiger partial charge in [0.1, 0.15) is 5.82 Å². The average molecular weight is 390 g/mol. The minimum atomic E-state index is -0.193. The lowest BCUT2D eigenvalue weighted by Crippen LogP contribution is -2.44. The molecule has 1 aromatic heterocycles. The molecular formula is C23H27N5O. The number of hydrogen-bond acceptors (Lipinski definition) is 4. The first-order chi connectivity index (χ1) is 14.1. The molecule has 1 fully saturated rings. The van der Waals surface area contributed by atoms with Crippen LogP contribution in [0.25, 0.3) is 5.69 Å². The van der Waals surface area contributed by atoms with Crippen LogP contribution in [0.15, 0.2) is 54.6 Å². The molecule has 0 spiro atoms. The molecular weight excluding hydrogens is 362 g/mol. The van der Waals surface area contributed by atoms with Gasteiger partial charge < -0.3 is 5.32 Å². The summed E-state index contributed by atoms with van der Waals surface area (Å²) in [6, 6.07) is 18.7. The Morgan fingerprint density at radius 3 is 2.45 bits per heavy atom. The van der Waals surface area contributed by atoms with E-state index >= 15 is 0 Å². The molecule has 0 atom stereocenters. The number of likely N-dealkylation sites (tertiary alicyclic amines) is 1. The number of aromatic nitrogens is 3. The Hall–Kier alpha value is -2.99. The van der Waals surface area contributed by atoms with Crippen LogP contribution in [-0.2, 0) is 6.54 Å². The van der Waals surface area contributed by atoms with Crippen molar-refractivity contribution in [1.82, 2.24) is 25.0 Å². The van der Waals surface area contributed by atoms with Gasteiger partial charge in [0.2, 0.25) is 5.82 Å². The monoisotopic (exact) mass is 389 g/mol. The molecule has 150 valence electrons. The zero-order chi connectivity index (χ0) is 20.2. The Labute approximate surface area is 171 Å². The van der Waals surface area contributed by atoms with Crippen LogP contribution in [0.5, 0.6) is 0 Å². The number of benzene rings is 2. The number of hydrogen-bond donors (Lipinski definition) is 1. The fourth-order valence-corrected chi connectivity index (χ4v) is 3.84. The molecule has 1 amide bonds. The molecule has 1 saturated heterocycles. The number of carbonyl (C=O) groups excluding carboxylic acids is 1. The zero-order valence-corrected chi connectivity index (χ0v) is 17.0. The molecule has 1 aliphatic rings. The number of nitrogens with one attached hydrogen (secondary N) is 1. The van der Waals surface area contributed by atoms with Crippen molar-refractivity contribution < 1.29 is 4.79 Å². The molecule has 29 heavy (non-hydrogen) atoms. The summed E-state index contributed by atoms with van der Waals surface area (Å²) in [5.74, 6) is 0.751. The van der Waals surface area contributed by atoms with Crippen LogP contribution in [0.4, 0.5) is 0 Å². The van der Waals surface area contributed by atoms with E-state index in [-0.39, 0.29) is 17.8 Å². The van der Waals surface area contributed by atoms with Crippen molar-refractivity contribution in [2.24, 2.45) is 0 Å². The van der Waals surface area contributed by atoms with Crippen molar-refractivity contribution in [3.05, 3.63) is 77.4 Å². The maximum atomic E-state index is 12.7. The Bertz CT molecular complexity index is 974. The second kappa shape index (κ2) is 8.57. The highest BCUT2D eigenvalue weighted by molar-refractivity contribution is 5.90. The van der Waals surface area contributed by atoms with Crippen molar-refractivity contribution in [3.63, 3.8) is 0 Å². The van der Waals surface area contributed by atoms with Gasteiger partial charge in [-0.15, -0.1) is 5.10 Å². The standard InChI is InChI=1S/C23H27N5O/c1-17-8-6-7-11-21(17)28-18(2)24-22(26-28)23(29)25-20-12-14-27(15-13-20)16-19-9-4-3-5-10-19/h3-11,20H,12-16H2,1-2H3,(H,25,29). The van der Waals surface area contributed by atoms with Gasteiger partial charge >= 0.3 is 0 Å². The van der Waals surface area contributed by atoms with E-state index in [4.69, 9.17) is 0 Å². The molecule has 0 aliphatic carbocycles. The predicted molar refractivity (Wildman–Crippen MR) is 113 cm³/mol.